The topological polar surface area (TPSA) is 552 Å². The largest absolute Gasteiger partial charge is 0.477 e. The molecule has 0 aromatic carbocycles. The molecule has 0 aromatic rings. The maximum Gasteiger partial charge on any atom is 0.364 e. The number of carbonyl (C=O) groups excluding carboxylic acids is 2. The summed E-state index contributed by atoms with van der Waals surface area (Å²) in [7, 11) is 0. The summed E-state index contributed by atoms with van der Waals surface area (Å²) in [6, 6.07) is -3.34. The van der Waals surface area contributed by atoms with Crippen molar-refractivity contribution in [2.45, 2.75) is 398 Å². The molecule has 21 N–H and O–H groups in total. The van der Waals surface area contributed by atoms with E-state index in [9.17, 15) is 111 Å². The van der Waals surface area contributed by atoms with Crippen molar-refractivity contribution in [2.24, 2.45) is 5.92 Å². The number of carboxylic acid groups (broad SMARTS) is 1. The zero-order valence-corrected chi connectivity index (χ0v) is 63.0. The number of carbonyl (C=O) groups is 3. The van der Waals surface area contributed by atoms with Crippen LogP contribution in [-0.4, -0.2) is 332 Å². The van der Waals surface area contributed by atoms with E-state index in [1.165, 1.54) is 89.9 Å². The van der Waals surface area contributed by atoms with Crippen molar-refractivity contribution in [3.8, 4) is 0 Å². The molecule has 0 radical (unpaired) electrons. The summed E-state index contributed by atoms with van der Waals surface area (Å²) in [4.78, 5) is 40.5. The molecule has 34 nitrogen and oxygen atoms in total. The number of unbranched alkanes of at least 4 members (excludes halogenated alkanes) is 24. The van der Waals surface area contributed by atoms with Gasteiger partial charge in [-0.15, -0.1) is 0 Å². The highest BCUT2D eigenvalue weighted by Gasteiger charge is 2.62. The number of hydrogen-bond donors (Lipinski definition) is 21. The number of carboxylic acids is 1. The molecule has 5 fully saturated rings. The zero-order chi connectivity index (χ0) is 78.9. The van der Waals surface area contributed by atoms with Gasteiger partial charge in [0.25, 0.3) is 5.79 Å². The van der Waals surface area contributed by atoms with Crippen LogP contribution in [0.5, 0.6) is 0 Å². The Morgan fingerprint density at radius 2 is 0.897 bits per heavy atom. The Kier molecular flexibility index (Phi) is 44.2. The second-order valence-corrected chi connectivity index (χ2v) is 30.2. The summed E-state index contributed by atoms with van der Waals surface area (Å²) in [5.74, 6) is -6.74. The van der Waals surface area contributed by atoms with Crippen LogP contribution in [0.3, 0.4) is 0 Å². The molecular formula is C73H134N2O32. The van der Waals surface area contributed by atoms with E-state index in [1.54, 1.807) is 0 Å². The van der Waals surface area contributed by atoms with Crippen LogP contribution in [0.15, 0.2) is 0 Å². The number of ether oxygens (including phenoxy) is 10. The molecular weight excluding hydrogens is 1420 g/mol. The maximum atomic E-state index is 13.9. The second kappa shape index (κ2) is 49.8. The molecule has 628 valence electrons. The minimum Gasteiger partial charge on any atom is -0.477 e. The van der Waals surface area contributed by atoms with E-state index in [-0.39, 0.29) is 12.8 Å². The molecule has 0 spiro atoms. The molecule has 2 amide bonds. The third-order valence-corrected chi connectivity index (χ3v) is 21.1. The van der Waals surface area contributed by atoms with Gasteiger partial charge < -0.3 is 155 Å². The van der Waals surface area contributed by atoms with Gasteiger partial charge in [0, 0.05) is 13.3 Å². The fraction of sp³-hybridized carbons (Fsp3) is 0.959. The number of nitrogens with one attached hydrogen (secondary N) is 2. The average Bonchev–Trinajstić information content (AvgIpc) is 1.71. The lowest BCUT2D eigenvalue weighted by molar-refractivity contribution is -0.393. The summed E-state index contributed by atoms with van der Waals surface area (Å²) in [6.45, 7) is 1.54. The number of amides is 2. The Morgan fingerprint density at radius 1 is 0.477 bits per heavy atom. The molecule has 29 unspecified atom stereocenters. The van der Waals surface area contributed by atoms with E-state index in [2.05, 4.69) is 31.4 Å². The molecule has 34 heteroatoms. The van der Waals surface area contributed by atoms with E-state index < -0.39 is 241 Å². The number of rotatable bonds is 54. The first-order chi connectivity index (χ1) is 51.1. The van der Waals surface area contributed by atoms with Crippen molar-refractivity contribution in [3.63, 3.8) is 0 Å². The van der Waals surface area contributed by atoms with Gasteiger partial charge in [-0.1, -0.05) is 194 Å². The van der Waals surface area contributed by atoms with Crippen molar-refractivity contribution in [3.05, 3.63) is 0 Å². The van der Waals surface area contributed by atoms with Crippen LogP contribution in [0.1, 0.15) is 220 Å². The first-order valence-electron chi connectivity index (χ1n) is 39.4. The highest BCUT2D eigenvalue weighted by molar-refractivity contribution is 5.80. The fourth-order valence-electron chi connectivity index (χ4n) is 14.5. The van der Waals surface area contributed by atoms with Gasteiger partial charge in [0.05, 0.1) is 63.9 Å². The SMILES string of the molecule is CCCCCCCCCCCCCCCCCCCCC(O)C(=O)NC(COC1OC(CO)C(OC2OC(CO)C(O)C(OC3(C(=O)O)CC(OC4OC(CO)C(O)C(OC5OC(CO)C(O)C5O)C4O)C(NC(C)=O)C(C(O)C(O)CO)O3)C2O)C(O)C1O)C(O)C(O)CCCCCCCCCCC(C)C. The van der Waals surface area contributed by atoms with Gasteiger partial charge in [0.15, 0.2) is 25.2 Å². The van der Waals surface area contributed by atoms with Gasteiger partial charge in [-0.25, -0.2) is 4.79 Å². The summed E-state index contributed by atoms with van der Waals surface area (Å²) in [6.07, 6.45) is -23.3. The van der Waals surface area contributed by atoms with Gasteiger partial charge in [-0.2, -0.15) is 0 Å². The molecule has 0 saturated carbocycles. The van der Waals surface area contributed by atoms with E-state index in [4.69, 9.17) is 47.4 Å². The Balaban J connectivity index is 1.28. The highest BCUT2D eigenvalue weighted by atomic mass is 16.8. The van der Waals surface area contributed by atoms with Crippen LogP contribution in [-0.2, 0) is 61.8 Å². The third kappa shape index (κ3) is 29.3. The smallest absolute Gasteiger partial charge is 0.364 e. The zero-order valence-electron chi connectivity index (χ0n) is 63.0. The monoisotopic (exact) mass is 1550 g/mol. The molecule has 5 heterocycles. The Bertz CT molecular complexity index is 2420. The van der Waals surface area contributed by atoms with Crippen LogP contribution in [0, 0.1) is 5.92 Å². The summed E-state index contributed by atoms with van der Waals surface area (Å²) in [5.41, 5.74) is 0. The summed E-state index contributed by atoms with van der Waals surface area (Å²) < 4.78 is 58.2. The molecule has 0 aromatic heterocycles. The number of aliphatic carboxylic acids is 1. The minimum atomic E-state index is -3.41. The molecule has 29 atom stereocenters. The normalized spacial score (nSPS) is 34.5. The molecule has 107 heavy (non-hydrogen) atoms. The molecule has 5 aliphatic heterocycles. The van der Waals surface area contributed by atoms with Crippen LogP contribution in [0.2, 0.25) is 0 Å². The standard InChI is InChI=1S/C73H134N2O32/c1-5-6-7-8-9-10-11-12-13-14-15-16-17-18-19-24-27-30-33-45(83)67(95)75-43(53(85)44(82)32-29-26-23-21-20-22-25-28-31-41(2)3)40-98-68-60(92)58(90)63(51(39-80)103-68)104-71-62(94)66(57(89)50(38-79)102-71)107-73(72(96)97)34-47(52(74-42(4)81)64(106-73)54(86)46(84)35-76)99-70-61(93)65(56(88)49(37-78)101-70)105-69-59(91)55(87)48(36-77)100-69/h41,43-66,68-71,76-80,82-94H,5-40H2,1-4H3,(H,74,81)(H,75,95)(H,96,97). The molecule has 5 rings (SSSR count). The number of aliphatic hydroxyl groups is 18. The van der Waals surface area contributed by atoms with Crippen LogP contribution < -0.4 is 10.6 Å². The van der Waals surface area contributed by atoms with Gasteiger partial charge in [0.2, 0.25) is 11.8 Å². The summed E-state index contributed by atoms with van der Waals surface area (Å²) in [5, 5.41) is 215. The molecule has 5 saturated heterocycles. The third-order valence-electron chi connectivity index (χ3n) is 21.1. The van der Waals surface area contributed by atoms with Crippen molar-refractivity contribution in [1.29, 1.82) is 0 Å². The lowest BCUT2D eigenvalue weighted by Crippen LogP contribution is -2.72. The van der Waals surface area contributed by atoms with E-state index in [0.29, 0.717) is 18.8 Å². The van der Waals surface area contributed by atoms with Gasteiger partial charge in [-0.3, -0.25) is 9.59 Å². The Labute approximate surface area is 628 Å². The highest BCUT2D eigenvalue weighted by Crippen LogP contribution is 2.42. The summed E-state index contributed by atoms with van der Waals surface area (Å²) >= 11 is 0. The van der Waals surface area contributed by atoms with Crippen LogP contribution >= 0.6 is 0 Å². The van der Waals surface area contributed by atoms with Gasteiger partial charge in [-0.05, 0) is 18.8 Å². The molecule has 5 aliphatic rings. The first kappa shape index (κ1) is 94.9. The average molecular weight is 1550 g/mol. The van der Waals surface area contributed by atoms with Crippen molar-refractivity contribution in [2.75, 3.05) is 39.6 Å². The van der Waals surface area contributed by atoms with E-state index >= 15 is 0 Å². The second-order valence-electron chi connectivity index (χ2n) is 30.2. The predicted molar refractivity (Wildman–Crippen MR) is 377 cm³/mol. The maximum absolute atomic E-state index is 13.9. The van der Waals surface area contributed by atoms with Crippen LogP contribution in [0.4, 0.5) is 0 Å². The fourth-order valence-corrected chi connectivity index (χ4v) is 14.5. The number of aliphatic hydroxyl groups excluding tert-OH is 18. The molecule has 0 aliphatic carbocycles. The lowest BCUT2D eigenvalue weighted by atomic mass is 9.87. The van der Waals surface area contributed by atoms with Crippen molar-refractivity contribution in [1.82, 2.24) is 10.6 Å². The van der Waals surface area contributed by atoms with Crippen LogP contribution in [0.25, 0.3) is 0 Å². The number of hydrogen-bond acceptors (Lipinski definition) is 31. The molecule has 0 bridgehead atoms. The Hall–Kier alpha value is -2.71. The minimum absolute atomic E-state index is 0.0908. The van der Waals surface area contributed by atoms with Gasteiger partial charge >= 0.3 is 5.97 Å². The lowest BCUT2D eigenvalue weighted by Gasteiger charge is -2.52. The quantitative estimate of drug-likeness (QED) is 0.0313. The Morgan fingerprint density at radius 3 is 1.36 bits per heavy atom. The predicted octanol–water partition coefficient (Wildman–Crippen LogP) is -1.36. The van der Waals surface area contributed by atoms with E-state index in [1.807, 2.05) is 0 Å². The van der Waals surface area contributed by atoms with Crippen molar-refractivity contribution < 1.29 is 159 Å². The van der Waals surface area contributed by atoms with Crippen molar-refractivity contribution >= 4 is 17.8 Å². The first-order valence-corrected chi connectivity index (χ1v) is 39.4. The van der Waals surface area contributed by atoms with E-state index in [0.717, 1.165) is 77.6 Å². The van der Waals surface area contributed by atoms with Gasteiger partial charge in [0.1, 0.15) is 122 Å².